The van der Waals surface area contributed by atoms with E-state index in [1.54, 1.807) is 11.3 Å². The Morgan fingerprint density at radius 1 is 0.375 bits per heavy atom. The van der Waals surface area contributed by atoms with E-state index in [0.29, 0.717) is 17.5 Å². The van der Waals surface area contributed by atoms with Crippen LogP contribution < -0.4 is 0 Å². The zero-order valence-corrected chi connectivity index (χ0v) is 34.9. The molecule has 14 rings (SSSR count). The van der Waals surface area contributed by atoms with Gasteiger partial charge in [-0.3, -0.25) is 0 Å². The summed E-state index contributed by atoms with van der Waals surface area (Å²) in [6.45, 7) is 0. The number of furan rings is 1. The second kappa shape index (κ2) is 13.6. The van der Waals surface area contributed by atoms with Crippen LogP contribution in [-0.4, -0.2) is 24.1 Å². The fourth-order valence-corrected chi connectivity index (χ4v) is 11.1. The molecule has 0 atom stereocenters. The van der Waals surface area contributed by atoms with Crippen molar-refractivity contribution in [2.45, 2.75) is 0 Å². The molecule has 9 aromatic carbocycles. The number of nitrogens with zero attached hydrogens (tertiary/aromatic N) is 5. The smallest absolute Gasteiger partial charge is 0.167 e. The maximum absolute atomic E-state index is 6.62. The third-order valence-corrected chi connectivity index (χ3v) is 13.9. The highest BCUT2D eigenvalue weighted by atomic mass is 32.1. The number of thiophene rings is 1. The first-order valence-corrected chi connectivity index (χ1v) is 22.3. The molecule has 298 valence electrons. The van der Waals surface area contributed by atoms with E-state index in [1.165, 1.54) is 30.9 Å². The zero-order valence-electron chi connectivity index (χ0n) is 34.1. The predicted molar refractivity (Wildman–Crippen MR) is 265 cm³/mol. The molecule has 64 heavy (non-hydrogen) atoms. The molecule has 14 aromatic rings. The lowest BCUT2D eigenvalue weighted by Crippen LogP contribution is -2.03. The molecular formula is C57H33N5OS. The van der Waals surface area contributed by atoms with Crippen LogP contribution in [0.2, 0.25) is 0 Å². The second-order valence-corrected chi connectivity index (χ2v) is 17.4. The molecule has 5 heterocycles. The van der Waals surface area contributed by atoms with Crippen molar-refractivity contribution in [3.63, 3.8) is 0 Å². The van der Waals surface area contributed by atoms with Crippen LogP contribution in [0.5, 0.6) is 0 Å². The van der Waals surface area contributed by atoms with Crippen LogP contribution in [0.1, 0.15) is 0 Å². The van der Waals surface area contributed by atoms with Crippen molar-refractivity contribution >= 4 is 97.1 Å². The quantitative estimate of drug-likeness (QED) is 0.173. The molecule has 0 radical (unpaired) electrons. The predicted octanol–water partition coefficient (Wildman–Crippen LogP) is 15.3. The van der Waals surface area contributed by atoms with E-state index in [9.17, 15) is 0 Å². The van der Waals surface area contributed by atoms with Crippen molar-refractivity contribution in [1.29, 1.82) is 0 Å². The van der Waals surface area contributed by atoms with Gasteiger partial charge in [0.15, 0.2) is 17.5 Å². The van der Waals surface area contributed by atoms with Gasteiger partial charge in [-0.05, 0) is 72.8 Å². The molecule has 0 unspecified atom stereocenters. The first-order valence-electron chi connectivity index (χ1n) is 21.4. The molecular weight excluding hydrogens is 803 g/mol. The highest BCUT2D eigenvalue weighted by Gasteiger charge is 2.24. The van der Waals surface area contributed by atoms with Crippen LogP contribution in [0.4, 0.5) is 0 Å². The summed E-state index contributed by atoms with van der Waals surface area (Å²) in [5, 5.41) is 9.13. The Morgan fingerprint density at radius 2 is 0.953 bits per heavy atom. The van der Waals surface area contributed by atoms with Crippen molar-refractivity contribution in [3.8, 4) is 45.5 Å². The van der Waals surface area contributed by atoms with Gasteiger partial charge in [0.05, 0.1) is 33.3 Å². The topological polar surface area (TPSA) is 61.7 Å². The number of aromatic nitrogens is 5. The first kappa shape index (κ1) is 35.2. The molecule has 5 aromatic heterocycles. The number of fused-ring (bicyclic) bond motifs is 12. The van der Waals surface area contributed by atoms with E-state index in [4.69, 9.17) is 19.4 Å². The SMILES string of the molecule is c1ccc(-n2c3ccccc3c3cccc(-n4c5ccccc5c5cccc(-c6nc(-c7ccc8sc9ccccc9c8c7)nc(-c7cccc8c7oc7ccccc78)n6)c54)c32)cc1. The molecule has 0 spiro atoms. The molecule has 0 aliphatic rings. The minimum absolute atomic E-state index is 0.547. The van der Waals surface area contributed by atoms with E-state index < -0.39 is 0 Å². The Hall–Kier alpha value is -8.39. The fourth-order valence-electron chi connectivity index (χ4n) is 10.0. The van der Waals surface area contributed by atoms with E-state index in [0.717, 1.165) is 82.8 Å². The maximum Gasteiger partial charge on any atom is 0.167 e. The third-order valence-electron chi connectivity index (χ3n) is 12.8. The highest BCUT2D eigenvalue weighted by Crippen LogP contribution is 2.43. The van der Waals surface area contributed by atoms with Gasteiger partial charge in [-0.25, -0.2) is 15.0 Å². The normalized spacial score (nSPS) is 12.1. The van der Waals surface area contributed by atoms with Gasteiger partial charge in [0, 0.05) is 69.3 Å². The van der Waals surface area contributed by atoms with E-state index in [-0.39, 0.29) is 0 Å². The minimum Gasteiger partial charge on any atom is -0.455 e. The molecule has 0 N–H and O–H groups in total. The average molecular weight is 836 g/mol. The Labute approximate surface area is 369 Å². The molecule has 0 aliphatic heterocycles. The van der Waals surface area contributed by atoms with E-state index >= 15 is 0 Å². The van der Waals surface area contributed by atoms with Crippen molar-refractivity contribution < 1.29 is 4.42 Å². The van der Waals surface area contributed by atoms with Crippen molar-refractivity contribution in [2.75, 3.05) is 0 Å². The average Bonchev–Trinajstić information content (AvgIpc) is 4.12. The lowest BCUT2D eigenvalue weighted by molar-refractivity contribution is 0.669. The van der Waals surface area contributed by atoms with Gasteiger partial charge in [0.25, 0.3) is 0 Å². The zero-order chi connectivity index (χ0) is 41.9. The summed E-state index contributed by atoms with van der Waals surface area (Å²) in [5.41, 5.74) is 10.8. The Balaban J connectivity index is 1.09. The van der Waals surface area contributed by atoms with E-state index in [2.05, 4.69) is 191 Å². The van der Waals surface area contributed by atoms with Gasteiger partial charge >= 0.3 is 0 Å². The van der Waals surface area contributed by atoms with Crippen LogP contribution in [0.15, 0.2) is 205 Å². The minimum atomic E-state index is 0.547. The van der Waals surface area contributed by atoms with Gasteiger partial charge in [-0.15, -0.1) is 11.3 Å². The number of para-hydroxylation sites is 7. The summed E-state index contributed by atoms with van der Waals surface area (Å²) < 4.78 is 13.9. The maximum atomic E-state index is 6.62. The number of hydrogen-bond acceptors (Lipinski definition) is 5. The number of hydrogen-bond donors (Lipinski definition) is 0. The molecule has 0 aliphatic carbocycles. The molecule has 0 fully saturated rings. The van der Waals surface area contributed by atoms with Crippen molar-refractivity contribution in [2.24, 2.45) is 0 Å². The molecule has 0 saturated heterocycles. The molecule has 0 saturated carbocycles. The monoisotopic (exact) mass is 835 g/mol. The van der Waals surface area contributed by atoms with Crippen LogP contribution in [0.25, 0.3) is 131 Å². The summed E-state index contributed by atoms with van der Waals surface area (Å²) >= 11 is 1.80. The van der Waals surface area contributed by atoms with Crippen LogP contribution in [0, 0.1) is 0 Å². The lowest BCUT2D eigenvalue weighted by Gasteiger charge is -2.16. The van der Waals surface area contributed by atoms with Gasteiger partial charge in [-0.1, -0.05) is 127 Å². The third kappa shape index (κ3) is 5.10. The summed E-state index contributed by atoms with van der Waals surface area (Å²) in [6, 6.07) is 70.8. The fraction of sp³-hybridized carbons (Fsp3) is 0. The summed E-state index contributed by atoms with van der Waals surface area (Å²) in [7, 11) is 0. The Kier molecular flexibility index (Phi) is 7.46. The molecule has 6 nitrogen and oxygen atoms in total. The van der Waals surface area contributed by atoms with Crippen LogP contribution >= 0.6 is 11.3 Å². The van der Waals surface area contributed by atoms with Gasteiger partial charge in [0.2, 0.25) is 0 Å². The van der Waals surface area contributed by atoms with Gasteiger partial charge in [-0.2, -0.15) is 0 Å². The summed E-state index contributed by atoms with van der Waals surface area (Å²) in [4.78, 5) is 16.2. The van der Waals surface area contributed by atoms with Crippen molar-refractivity contribution in [1.82, 2.24) is 24.1 Å². The Bertz CT molecular complexity index is 4210. The van der Waals surface area contributed by atoms with Crippen LogP contribution in [0.3, 0.4) is 0 Å². The standard InChI is InChI=1S/C57H33N5OS/c1-2-15-35(16-3-1)61-46-26-8-4-18-37(46)41-22-14-28-48(53(41)61)62-47-27-9-5-17-36(47)40-21-12-24-43(52(40)62)56-58-55(34-31-32-51-45(33-34)39-20-7-11-30-50(39)64-51)59-57(60-56)44-25-13-23-42-38-19-6-10-29-49(38)63-54(42)44/h1-33H. The first-order chi connectivity index (χ1) is 31.7. The van der Waals surface area contributed by atoms with Gasteiger partial charge < -0.3 is 13.6 Å². The molecule has 7 heteroatoms. The lowest BCUT2D eigenvalue weighted by atomic mass is 10.1. The van der Waals surface area contributed by atoms with Crippen LogP contribution in [-0.2, 0) is 0 Å². The summed E-state index contributed by atoms with van der Waals surface area (Å²) in [6.07, 6.45) is 0. The number of rotatable bonds is 5. The Morgan fingerprint density at radius 3 is 1.77 bits per heavy atom. The largest absolute Gasteiger partial charge is 0.455 e. The van der Waals surface area contributed by atoms with Gasteiger partial charge in [0.1, 0.15) is 11.2 Å². The highest BCUT2D eigenvalue weighted by molar-refractivity contribution is 7.25. The molecule has 0 bridgehead atoms. The number of benzene rings is 9. The molecule has 0 amide bonds. The van der Waals surface area contributed by atoms with Crippen molar-refractivity contribution in [3.05, 3.63) is 200 Å². The summed E-state index contributed by atoms with van der Waals surface area (Å²) in [5.74, 6) is 1.72. The second-order valence-electron chi connectivity index (χ2n) is 16.3. The van der Waals surface area contributed by atoms with E-state index in [1.807, 2.05) is 18.2 Å².